The van der Waals surface area contributed by atoms with E-state index in [4.69, 9.17) is 26.3 Å². The Bertz CT molecular complexity index is 575. The summed E-state index contributed by atoms with van der Waals surface area (Å²) >= 11 is 5.86. The van der Waals surface area contributed by atoms with E-state index in [9.17, 15) is 9.90 Å². The first-order valence-corrected chi connectivity index (χ1v) is 6.35. The lowest BCUT2D eigenvalue weighted by molar-refractivity contribution is -0.137. The summed E-state index contributed by atoms with van der Waals surface area (Å²) in [5, 5.41) is 18.7. The van der Waals surface area contributed by atoms with Gasteiger partial charge in [0, 0.05) is 0 Å². The smallest absolute Gasteiger partial charge is 0.348 e. The highest BCUT2D eigenvalue weighted by molar-refractivity contribution is 6.32. The highest BCUT2D eigenvalue weighted by Crippen LogP contribution is 2.35. The zero-order valence-electron chi connectivity index (χ0n) is 11.1. The predicted molar refractivity (Wildman–Crippen MR) is 74.5 cm³/mol. The second-order valence-electron chi connectivity index (χ2n) is 3.67. The molecule has 0 atom stereocenters. The molecule has 20 heavy (non-hydrogen) atoms. The van der Waals surface area contributed by atoms with Crippen molar-refractivity contribution in [3.05, 3.63) is 28.3 Å². The van der Waals surface area contributed by atoms with E-state index in [1.54, 1.807) is 19.9 Å². The summed E-state index contributed by atoms with van der Waals surface area (Å²) in [6, 6.07) is 4.67. The van der Waals surface area contributed by atoms with Gasteiger partial charge in [0.05, 0.1) is 18.2 Å². The minimum Gasteiger partial charge on any atom is -0.503 e. The van der Waals surface area contributed by atoms with Gasteiger partial charge in [0.1, 0.15) is 11.6 Å². The molecule has 0 spiro atoms. The van der Waals surface area contributed by atoms with Crippen LogP contribution < -0.4 is 4.74 Å². The zero-order valence-corrected chi connectivity index (χ0v) is 11.9. The molecule has 0 aliphatic heterocycles. The van der Waals surface area contributed by atoms with E-state index in [0.29, 0.717) is 12.2 Å². The first-order chi connectivity index (χ1) is 9.53. The molecule has 0 aliphatic rings. The van der Waals surface area contributed by atoms with Crippen molar-refractivity contribution in [1.29, 1.82) is 5.26 Å². The summed E-state index contributed by atoms with van der Waals surface area (Å²) in [5.41, 5.74) is 0.303. The Morgan fingerprint density at radius 1 is 1.45 bits per heavy atom. The van der Waals surface area contributed by atoms with E-state index in [2.05, 4.69) is 0 Å². The fourth-order valence-electron chi connectivity index (χ4n) is 1.45. The number of esters is 1. The summed E-state index contributed by atoms with van der Waals surface area (Å²) in [5.74, 6) is -0.704. The number of ether oxygens (including phenoxy) is 2. The maximum atomic E-state index is 11.5. The number of carbonyl (C=O) groups is 1. The van der Waals surface area contributed by atoms with E-state index in [-0.39, 0.29) is 28.7 Å². The van der Waals surface area contributed by atoms with Crippen LogP contribution in [0.4, 0.5) is 0 Å². The Morgan fingerprint density at radius 3 is 2.70 bits per heavy atom. The van der Waals surface area contributed by atoms with Crippen LogP contribution in [-0.4, -0.2) is 24.3 Å². The first-order valence-electron chi connectivity index (χ1n) is 5.97. The molecule has 0 unspecified atom stereocenters. The van der Waals surface area contributed by atoms with Crippen LogP contribution in [-0.2, 0) is 9.53 Å². The molecule has 1 N–H and O–H groups in total. The van der Waals surface area contributed by atoms with Crippen molar-refractivity contribution in [3.8, 4) is 17.6 Å². The zero-order chi connectivity index (χ0) is 15.1. The Labute approximate surface area is 122 Å². The van der Waals surface area contributed by atoms with Crippen molar-refractivity contribution in [2.75, 3.05) is 13.2 Å². The minimum absolute atomic E-state index is 0.0725. The van der Waals surface area contributed by atoms with Crippen LogP contribution in [0.15, 0.2) is 17.7 Å². The monoisotopic (exact) mass is 295 g/mol. The highest BCUT2D eigenvalue weighted by Gasteiger charge is 2.13. The average molecular weight is 296 g/mol. The topological polar surface area (TPSA) is 79.6 Å². The SMILES string of the molecule is CCOC(=O)C(C#N)=Cc1cc(Cl)c(O)c(OCC)c1. The molecular weight excluding hydrogens is 282 g/mol. The second-order valence-corrected chi connectivity index (χ2v) is 4.08. The van der Waals surface area contributed by atoms with Gasteiger partial charge in [-0.2, -0.15) is 5.26 Å². The molecule has 1 rings (SSSR count). The number of hydrogen-bond acceptors (Lipinski definition) is 5. The molecule has 1 aromatic carbocycles. The third kappa shape index (κ3) is 3.90. The van der Waals surface area contributed by atoms with Gasteiger partial charge in [-0.15, -0.1) is 0 Å². The number of phenols is 1. The Morgan fingerprint density at radius 2 is 2.15 bits per heavy atom. The molecular formula is C14H14ClNO4. The Hall–Kier alpha value is -2.19. The summed E-state index contributed by atoms with van der Waals surface area (Å²) in [6.07, 6.45) is 1.33. The molecule has 0 fully saturated rings. The fraction of sp³-hybridized carbons (Fsp3) is 0.286. The van der Waals surface area contributed by atoms with Crippen molar-refractivity contribution in [1.82, 2.24) is 0 Å². The molecule has 6 heteroatoms. The van der Waals surface area contributed by atoms with Crippen LogP contribution >= 0.6 is 11.6 Å². The number of hydrogen-bond donors (Lipinski definition) is 1. The van der Waals surface area contributed by atoms with Crippen molar-refractivity contribution >= 4 is 23.6 Å². The molecule has 0 amide bonds. The molecule has 0 saturated carbocycles. The summed E-state index contributed by atoms with van der Waals surface area (Å²) in [4.78, 5) is 11.5. The number of carbonyl (C=O) groups excluding carboxylic acids is 1. The largest absolute Gasteiger partial charge is 0.503 e. The van der Waals surface area contributed by atoms with Crippen LogP contribution in [0.3, 0.4) is 0 Å². The van der Waals surface area contributed by atoms with Crippen molar-refractivity contribution < 1.29 is 19.4 Å². The van der Waals surface area contributed by atoms with Crippen LogP contribution in [0, 0.1) is 11.3 Å². The minimum atomic E-state index is -0.711. The number of rotatable bonds is 5. The summed E-state index contributed by atoms with van der Waals surface area (Å²) in [7, 11) is 0. The van der Waals surface area contributed by atoms with Gasteiger partial charge in [-0.3, -0.25) is 0 Å². The van der Waals surface area contributed by atoms with Gasteiger partial charge >= 0.3 is 5.97 Å². The van der Waals surface area contributed by atoms with E-state index < -0.39 is 5.97 Å². The molecule has 0 radical (unpaired) electrons. The van der Waals surface area contributed by atoms with Gasteiger partial charge in [-0.05, 0) is 37.6 Å². The highest BCUT2D eigenvalue weighted by atomic mass is 35.5. The lowest BCUT2D eigenvalue weighted by Gasteiger charge is -2.08. The van der Waals surface area contributed by atoms with E-state index >= 15 is 0 Å². The quantitative estimate of drug-likeness (QED) is 0.513. The number of phenolic OH excluding ortho intramolecular Hbond substituents is 1. The lowest BCUT2D eigenvalue weighted by atomic mass is 10.1. The van der Waals surface area contributed by atoms with Gasteiger partial charge < -0.3 is 14.6 Å². The molecule has 0 bridgehead atoms. The van der Waals surface area contributed by atoms with Gasteiger partial charge in [-0.25, -0.2) is 4.79 Å². The number of nitrogens with zero attached hydrogens (tertiary/aromatic N) is 1. The third-order valence-electron chi connectivity index (χ3n) is 2.28. The van der Waals surface area contributed by atoms with E-state index in [0.717, 1.165) is 0 Å². The number of nitriles is 1. The van der Waals surface area contributed by atoms with E-state index in [1.807, 2.05) is 0 Å². The van der Waals surface area contributed by atoms with Crippen LogP contribution in [0.1, 0.15) is 19.4 Å². The molecule has 0 saturated heterocycles. The van der Waals surface area contributed by atoms with Gasteiger partial charge in [0.2, 0.25) is 0 Å². The van der Waals surface area contributed by atoms with Gasteiger partial charge in [-0.1, -0.05) is 11.6 Å². The Balaban J connectivity index is 3.19. The molecule has 0 aromatic heterocycles. The first kappa shape index (κ1) is 15.9. The number of aromatic hydroxyl groups is 1. The molecule has 0 heterocycles. The number of halogens is 1. The average Bonchev–Trinajstić information content (AvgIpc) is 2.42. The Kier molecular flexibility index (Phi) is 5.88. The predicted octanol–water partition coefficient (Wildman–Crippen LogP) is 2.91. The van der Waals surface area contributed by atoms with Crippen molar-refractivity contribution in [2.45, 2.75) is 13.8 Å². The van der Waals surface area contributed by atoms with Crippen molar-refractivity contribution in [2.24, 2.45) is 0 Å². The molecule has 1 aromatic rings. The van der Waals surface area contributed by atoms with Crippen LogP contribution in [0.25, 0.3) is 6.08 Å². The second kappa shape index (κ2) is 7.41. The van der Waals surface area contributed by atoms with E-state index in [1.165, 1.54) is 18.2 Å². The summed E-state index contributed by atoms with van der Waals surface area (Å²) in [6.45, 7) is 3.94. The normalized spacial score (nSPS) is 10.8. The fourth-order valence-corrected chi connectivity index (χ4v) is 1.67. The van der Waals surface area contributed by atoms with Crippen LogP contribution in [0.2, 0.25) is 5.02 Å². The number of benzene rings is 1. The molecule has 5 nitrogen and oxygen atoms in total. The van der Waals surface area contributed by atoms with Crippen molar-refractivity contribution in [3.63, 3.8) is 0 Å². The maximum absolute atomic E-state index is 11.5. The molecule has 0 aliphatic carbocycles. The summed E-state index contributed by atoms with van der Waals surface area (Å²) < 4.78 is 9.97. The lowest BCUT2D eigenvalue weighted by Crippen LogP contribution is -2.06. The van der Waals surface area contributed by atoms with Gasteiger partial charge in [0.15, 0.2) is 11.5 Å². The van der Waals surface area contributed by atoms with Gasteiger partial charge in [0.25, 0.3) is 0 Å². The van der Waals surface area contributed by atoms with Crippen LogP contribution in [0.5, 0.6) is 11.5 Å². The molecule has 106 valence electrons. The third-order valence-corrected chi connectivity index (χ3v) is 2.57. The maximum Gasteiger partial charge on any atom is 0.348 e. The standard InChI is InChI=1S/C14H14ClNO4/c1-3-19-12-7-9(6-11(15)13(12)17)5-10(8-16)14(18)20-4-2/h5-7,17H,3-4H2,1-2H3.